The number of anilines is 2. The van der Waals surface area contributed by atoms with Gasteiger partial charge < -0.3 is 19.9 Å². The summed E-state index contributed by atoms with van der Waals surface area (Å²) < 4.78 is 6.87. The normalized spacial score (nSPS) is 10.6. The van der Waals surface area contributed by atoms with Gasteiger partial charge >= 0.3 is 0 Å². The number of carbonyl (C=O) groups is 2. The summed E-state index contributed by atoms with van der Waals surface area (Å²) in [5.41, 5.74) is 1.63. The molecule has 1 aromatic heterocycles. The number of ether oxygens (including phenoxy) is 1. The molecule has 1 heterocycles. The van der Waals surface area contributed by atoms with Crippen molar-refractivity contribution in [3.05, 3.63) is 64.0 Å². The Morgan fingerprint density at radius 2 is 1.85 bits per heavy atom. The summed E-state index contributed by atoms with van der Waals surface area (Å²) in [7, 11) is 1.57. The standard InChI is InChI=1S/C22H24N6O5S/c1-4-27-19(12-20(29)23-15-6-9-17(33-3)10-7-15)25-26-22(27)34-13-21(30)24-18-11-16(28(31)32)8-5-14(18)2/h5-11H,4,12-13H2,1-3H3,(H,23,29)(H,24,30). The number of thioether (sulfide) groups is 1. The highest BCUT2D eigenvalue weighted by atomic mass is 32.2. The Morgan fingerprint density at radius 1 is 1.12 bits per heavy atom. The minimum atomic E-state index is -0.514. The molecule has 0 radical (unpaired) electrons. The van der Waals surface area contributed by atoms with Crippen LogP contribution >= 0.6 is 11.8 Å². The van der Waals surface area contributed by atoms with Crippen molar-refractivity contribution in [2.45, 2.75) is 32.0 Å². The number of aromatic nitrogens is 3. The van der Waals surface area contributed by atoms with Gasteiger partial charge in [-0.1, -0.05) is 17.8 Å². The number of nitrogens with zero attached hydrogens (tertiary/aromatic N) is 4. The number of rotatable bonds is 10. The number of nitro groups is 1. The van der Waals surface area contributed by atoms with Crippen molar-refractivity contribution in [1.29, 1.82) is 0 Å². The van der Waals surface area contributed by atoms with Crippen LogP contribution in [0.1, 0.15) is 18.3 Å². The van der Waals surface area contributed by atoms with E-state index in [1.54, 1.807) is 48.9 Å². The summed E-state index contributed by atoms with van der Waals surface area (Å²) in [5.74, 6) is 0.611. The zero-order valence-electron chi connectivity index (χ0n) is 18.9. The van der Waals surface area contributed by atoms with Gasteiger partial charge in [-0.3, -0.25) is 19.7 Å². The molecule has 0 spiro atoms. The van der Waals surface area contributed by atoms with E-state index in [9.17, 15) is 19.7 Å². The van der Waals surface area contributed by atoms with Gasteiger partial charge in [0, 0.05) is 24.4 Å². The number of benzene rings is 2. The van der Waals surface area contributed by atoms with Crippen LogP contribution in [0.3, 0.4) is 0 Å². The van der Waals surface area contributed by atoms with Gasteiger partial charge in [0.05, 0.1) is 29.9 Å². The number of amides is 2. The lowest BCUT2D eigenvalue weighted by molar-refractivity contribution is -0.384. The third kappa shape index (κ3) is 6.32. The number of methoxy groups -OCH3 is 1. The molecular formula is C22H24N6O5S. The van der Waals surface area contributed by atoms with Crippen molar-refractivity contribution < 1.29 is 19.2 Å². The van der Waals surface area contributed by atoms with Crippen LogP contribution in [0.4, 0.5) is 17.1 Å². The maximum atomic E-state index is 12.4. The number of hydrogen-bond acceptors (Lipinski definition) is 8. The average Bonchev–Trinajstić information content (AvgIpc) is 3.20. The number of carbonyl (C=O) groups excluding carboxylic acids is 2. The molecule has 0 aliphatic heterocycles. The lowest BCUT2D eigenvalue weighted by Crippen LogP contribution is -2.18. The van der Waals surface area contributed by atoms with Gasteiger partial charge in [0.1, 0.15) is 11.6 Å². The molecule has 0 saturated heterocycles. The van der Waals surface area contributed by atoms with Crippen LogP contribution in [-0.2, 0) is 22.6 Å². The number of non-ortho nitro benzene ring substituents is 1. The van der Waals surface area contributed by atoms with Crippen LogP contribution in [0.2, 0.25) is 0 Å². The Bertz CT molecular complexity index is 1190. The fourth-order valence-corrected chi connectivity index (χ4v) is 3.89. The third-order valence-electron chi connectivity index (χ3n) is 4.84. The summed E-state index contributed by atoms with van der Waals surface area (Å²) in [4.78, 5) is 35.3. The van der Waals surface area contributed by atoms with Gasteiger partial charge in [0.25, 0.3) is 5.69 Å². The first-order valence-electron chi connectivity index (χ1n) is 10.3. The number of aryl methyl sites for hydroxylation is 1. The van der Waals surface area contributed by atoms with Crippen LogP contribution in [0.15, 0.2) is 47.6 Å². The molecule has 2 amide bonds. The maximum absolute atomic E-state index is 12.4. The van der Waals surface area contributed by atoms with E-state index >= 15 is 0 Å². The fourth-order valence-electron chi connectivity index (χ4n) is 3.07. The largest absolute Gasteiger partial charge is 0.497 e. The Labute approximate surface area is 200 Å². The fraction of sp³-hybridized carbons (Fsp3) is 0.273. The molecular weight excluding hydrogens is 460 g/mol. The van der Waals surface area contributed by atoms with Crippen LogP contribution in [-0.4, -0.2) is 44.4 Å². The van der Waals surface area contributed by atoms with Crippen LogP contribution in [0, 0.1) is 17.0 Å². The van der Waals surface area contributed by atoms with Crippen molar-refractivity contribution in [2.75, 3.05) is 23.5 Å². The minimum Gasteiger partial charge on any atom is -0.497 e. The second-order valence-electron chi connectivity index (χ2n) is 7.19. The molecule has 2 N–H and O–H groups in total. The highest BCUT2D eigenvalue weighted by molar-refractivity contribution is 7.99. The van der Waals surface area contributed by atoms with E-state index in [0.717, 1.165) is 0 Å². The third-order valence-corrected chi connectivity index (χ3v) is 5.81. The lowest BCUT2D eigenvalue weighted by Gasteiger charge is -2.10. The van der Waals surface area contributed by atoms with Crippen molar-refractivity contribution in [3.63, 3.8) is 0 Å². The molecule has 34 heavy (non-hydrogen) atoms. The summed E-state index contributed by atoms with van der Waals surface area (Å²) in [6, 6.07) is 11.3. The first-order valence-corrected chi connectivity index (χ1v) is 11.3. The number of nitrogens with one attached hydrogen (secondary N) is 2. The van der Waals surface area contributed by atoms with Gasteiger partial charge in [0.2, 0.25) is 11.8 Å². The molecule has 0 bridgehead atoms. The second-order valence-corrected chi connectivity index (χ2v) is 8.13. The summed E-state index contributed by atoms with van der Waals surface area (Å²) >= 11 is 1.17. The molecule has 178 valence electrons. The summed E-state index contributed by atoms with van der Waals surface area (Å²) in [6.45, 7) is 4.17. The lowest BCUT2D eigenvalue weighted by atomic mass is 10.2. The maximum Gasteiger partial charge on any atom is 0.271 e. The molecule has 11 nitrogen and oxygen atoms in total. The Balaban J connectivity index is 1.59. The molecule has 3 aromatic rings. The molecule has 0 aliphatic rings. The second kappa shape index (κ2) is 11.3. The molecule has 12 heteroatoms. The van der Waals surface area contributed by atoms with Gasteiger partial charge in [-0.05, 0) is 43.7 Å². The molecule has 0 aliphatic carbocycles. The topological polar surface area (TPSA) is 141 Å². The van der Waals surface area contributed by atoms with E-state index in [1.165, 1.54) is 23.9 Å². The zero-order chi connectivity index (χ0) is 24.7. The number of nitro benzene ring substituents is 1. The number of hydrogen-bond donors (Lipinski definition) is 2. The van der Waals surface area contributed by atoms with E-state index in [1.807, 2.05) is 6.92 Å². The quantitative estimate of drug-likeness (QED) is 0.253. The van der Waals surface area contributed by atoms with Crippen molar-refractivity contribution in [1.82, 2.24) is 14.8 Å². The molecule has 0 atom stereocenters. The highest BCUT2D eigenvalue weighted by Gasteiger charge is 2.17. The van der Waals surface area contributed by atoms with Crippen molar-refractivity contribution in [3.8, 4) is 5.75 Å². The highest BCUT2D eigenvalue weighted by Crippen LogP contribution is 2.23. The van der Waals surface area contributed by atoms with Gasteiger partial charge in [-0.15, -0.1) is 10.2 Å². The average molecular weight is 485 g/mol. The Morgan fingerprint density at radius 3 is 2.50 bits per heavy atom. The predicted octanol–water partition coefficient (Wildman–Crippen LogP) is 3.44. The van der Waals surface area contributed by atoms with Crippen molar-refractivity contribution >= 4 is 40.6 Å². The van der Waals surface area contributed by atoms with Crippen LogP contribution in [0.25, 0.3) is 0 Å². The van der Waals surface area contributed by atoms with E-state index in [0.29, 0.717) is 40.2 Å². The van der Waals surface area contributed by atoms with E-state index in [-0.39, 0.29) is 29.7 Å². The van der Waals surface area contributed by atoms with Gasteiger partial charge in [-0.25, -0.2) is 0 Å². The molecule has 0 fully saturated rings. The van der Waals surface area contributed by atoms with Crippen LogP contribution < -0.4 is 15.4 Å². The molecule has 2 aromatic carbocycles. The minimum absolute atomic E-state index is 0.0203. The SMILES string of the molecule is CCn1c(CC(=O)Nc2ccc(OC)cc2)nnc1SCC(=O)Nc1cc([N+](=O)[O-])ccc1C. The van der Waals surface area contributed by atoms with Gasteiger partial charge in [0.15, 0.2) is 5.16 Å². The first kappa shape index (κ1) is 24.7. The summed E-state index contributed by atoms with van der Waals surface area (Å²) in [5, 5.41) is 25.2. The molecule has 0 unspecified atom stereocenters. The van der Waals surface area contributed by atoms with E-state index < -0.39 is 4.92 Å². The first-order chi connectivity index (χ1) is 16.3. The van der Waals surface area contributed by atoms with E-state index in [4.69, 9.17) is 4.74 Å². The Hall–Kier alpha value is -3.93. The van der Waals surface area contributed by atoms with Crippen molar-refractivity contribution in [2.24, 2.45) is 0 Å². The molecule has 3 rings (SSSR count). The van der Waals surface area contributed by atoms with Crippen LogP contribution in [0.5, 0.6) is 5.75 Å². The summed E-state index contributed by atoms with van der Waals surface area (Å²) in [6.07, 6.45) is 0.0203. The van der Waals surface area contributed by atoms with E-state index in [2.05, 4.69) is 20.8 Å². The predicted molar refractivity (Wildman–Crippen MR) is 128 cm³/mol. The smallest absolute Gasteiger partial charge is 0.271 e. The zero-order valence-corrected chi connectivity index (χ0v) is 19.7. The van der Waals surface area contributed by atoms with Gasteiger partial charge in [-0.2, -0.15) is 0 Å². The monoisotopic (exact) mass is 484 g/mol. The molecule has 0 saturated carbocycles. The Kier molecular flexibility index (Phi) is 8.19.